The van der Waals surface area contributed by atoms with E-state index >= 15 is 0 Å². The molecule has 0 saturated carbocycles. The maximum absolute atomic E-state index is 13.0. The van der Waals surface area contributed by atoms with Gasteiger partial charge in [0.1, 0.15) is 5.71 Å². The summed E-state index contributed by atoms with van der Waals surface area (Å²) in [5, 5.41) is 12.1. The number of fused-ring (bicyclic) bond motifs is 1. The van der Waals surface area contributed by atoms with Gasteiger partial charge in [-0.3, -0.25) is 9.80 Å². The average molecular weight is 386 g/mol. The Labute approximate surface area is 172 Å². The topological polar surface area (TPSA) is 44.7 Å². The first-order valence-corrected chi connectivity index (χ1v) is 10.4. The minimum Gasteiger partial charge on any atom is -0.320 e. The van der Waals surface area contributed by atoms with E-state index in [0.717, 1.165) is 29.4 Å². The number of benzene rings is 3. The number of hydrogen-bond acceptors (Lipinski definition) is 3. The molecule has 0 fully saturated rings. The van der Waals surface area contributed by atoms with Gasteiger partial charge in [-0.1, -0.05) is 86.5 Å². The minimum absolute atomic E-state index is 0.111. The highest BCUT2D eigenvalue weighted by atomic mass is 16.2. The Kier molecular flexibility index (Phi) is 5.89. The molecule has 4 nitrogen and oxygen atoms in total. The quantitative estimate of drug-likeness (QED) is 0.525. The van der Waals surface area contributed by atoms with Gasteiger partial charge in [-0.15, -0.1) is 0 Å². The van der Waals surface area contributed by atoms with Crippen LogP contribution in [0.2, 0.25) is 0 Å². The molecule has 1 aliphatic rings. The largest absolute Gasteiger partial charge is 0.320 e. The van der Waals surface area contributed by atoms with E-state index in [1.165, 1.54) is 18.4 Å². The number of nitrogens with one attached hydrogen (secondary N) is 1. The Bertz CT molecular complexity index is 1010. The van der Waals surface area contributed by atoms with E-state index in [0.29, 0.717) is 12.1 Å². The van der Waals surface area contributed by atoms with Gasteiger partial charge >= 0.3 is 0 Å². The Morgan fingerprint density at radius 2 is 1.76 bits per heavy atom. The molecule has 148 valence electrons. The number of amides is 1. The van der Waals surface area contributed by atoms with Crippen molar-refractivity contribution in [3.63, 3.8) is 0 Å². The van der Waals surface area contributed by atoms with Gasteiger partial charge in [0, 0.05) is 24.0 Å². The molecule has 1 amide bonds. The number of anilines is 1. The number of hydrogen-bond donors (Lipinski definition) is 1. The highest BCUT2D eigenvalue weighted by Crippen LogP contribution is 2.31. The molecule has 0 aliphatic carbocycles. The molecule has 1 unspecified atom stereocenters. The number of unbranched alkanes of at least 4 members (excludes halogenated alkanes) is 2. The van der Waals surface area contributed by atoms with Crippen LogP contribution in [0.1, 0.15) is 44.2 Å². The highest BCUT2D eigenvalue weighted by Gasteiger charge is 2.31. The lowest BCUT2D eigenvalue weighted by atomic mass is 10.0. The SMILES string of the molecule is CCCCCN1N=C(C(=O)Nc2cccc3ccccc23)CC1c1ccccc1. The summed E-state index contributed by atoms with van der Waals surface area (Å²) in [5.74, 6) is -0.111. The summed E-state index contributed by atoms with van der Waals surface area (Å²) in [6.45, 7) is 3.07. The van der Waals surface area contributed by atoms with Crippen LogP contribution in [0.3, 0.4) is 0 Å². The summed E-state index contributed by atoms with van der Waals surface area (Å²) < 4.78 is 0. The number of carbonyl (C=O) groups excluding carboxylic acids is 1. The Balaban J connectivity index is 1.54. The molecular weight excluding hydrogens is 358 g/mol. The summed E-state index contributed by atoms with van der Waals surface area (Å²) >= 11 is 0. The number of nitrogens with zero attached hydrogens (tertiary/aromatic N) is 2. The van der Waals surface area contributed by atoms with Crippen molar-refractivity contribution in [2.24, 2.45) is 5.10 Å². The molecule has 1 aliphatic heterocycles. The minimum atomic E-state index is -0.111. The van der Waals surface area contributed by atoms with Crippen molar-refractivity contribution in [2.75, 3.05) is 11.9 Å². The second-order valence-corrected chi connectivity index (χ2v) is 7.53. The normalized spacial score (nSPS) is 16.1. The van der Waals surface area contributed by atoms with Crippen LogP contribution >= 0.6 is 0 Å². The van der Waals surface area contributed by atoms with Crippen LogP contribution in [0.5, 0.6) is 0 Å². The molecule has 29 heavy (non-hydrogen) atoms. The molecule has 3 aromatic carbocycles. The maximum Gasteiger partial charge on any atom is 0.271 e. The standard InChI is InChI=1S/C25H27N3O/c1-2-3-9-17-28-24(20-12-5-4-6-13-20)18-23(27-28)25(29)26-22-16-10-14-19-11-7-8-15-21(19)22/h4-8,10-16,24H,2-3,9,17-18H2,1H3,(H,26,29). The molecule has 4 rings (SSSR count). The molecule has 1 heterocycles. The van der Waals surface area contributed by atoms with Crippen molar-refractivity contribution in [3.8, 4) is 0 Å². The summed E-state index contributed by atoms with van der Waals surface area (Å²) in [5.41, 5.74) is 2.64. The molecule has 0 saturated heterocycles. The number of rotatable bonds is 7. The molecule has 4 heteroatoms. The van der Waals surface area contributed by atoms with E-state index < -0.39 is 0 Å². The van der Waals surface area contributed by atoms with Crippen LogP contribution in [0.4, 0.5) is 5.69 Å². The summed E-state index contributed by atoms with van der Waals surface area (Å²) in [6, 6.07) is 24.6. The van der Waals surface area contributed by atoms with E-state index in [1.54, 1.807) is 0 Å². The zero-order valence-corrected chi connectivity index (χ0v) is 16.8. The van der Waals surface area contributed by atoms with Gasteiger partial charge in [-0.25, -0.2) is 0 Å². The number of hydrazone groups is 1. The van der Waals surface area contributed by atoms with Crippen molar-refractivity contribution in [3.05, 3.63) is 78.4 Å². The van der Waals surface area contributed by atoms with Crippen LogP contribution in [0.15, 0.2) is 77.9 Å². The van der Waals surface area contributed by atoms with Gasteiger partial charge in [0.15, 0.2) is 0 Å². The fraction of sp³-hybridized carbons (Fsp3) is 0.280. The highest BCUT2D eigenvalue weighted by molar-refractivity contribution is 6.43. The van der Waals surface area contributed by atoms with Crippen LogP contribution < -0.4 is 5.32 Å². The predicted octanol–water partition coefficient (Wildman–Crippen LogP) is 5.77. The molecule has 0 aromatic heterocycles. The van der Waals surface area contributed by atoms with Crippen LogP contribution in [-0.2, 0) is 4.79 Å². The van der Waals surface area contributed by atoms with Gasteiger partial charge < -0.3 is 5.32 Å². The third kappa shape index (κ3) is 4.32. The molecule has 1 N–H and O–H groups in total. The second kappa shape index (κ2) is 8.91. The molecule has 0 radical (unpaired) electrons. The first kappa shape index (κ1) is 19.2. The van der Waals surface area contributed by atoms with E-state index in [9.17, 15) is 4.79 Å². The second-order valence-electron chi connectivity index (χ2n) is 7.53. The lowest BCUT2D eigenvalue weighted by Gasteiger charge is -2.23. The number of carbonyl (C=O) groups is 1. The van der Waals surface area contributed by atoms with Gasteiger partial charge in [-0.2, -0.15) is 5.10 Å². The monoisotopic (exact) mass is 385 g/mol. The third-order valence-corrected chi connectivity index (χ3v) is 5.47. The van der Waals surface area contributed by atoms with Gasteiger partial charge in [0.25, 0.3) is 5.91 Å². The van der Waals surface area contributed by atoms with Crippen molar-refractivity contribution in [1.29, 1.82) is 0 Å². The van der Waals surface area contributed by atoms with Gasteiger partial charge in [0.2, 0.25) is 0 Å². The maximum atomic E-state index is 13.0. The lowest BCUT2D eigenvalue weighted by Crippen LogP contribution is -2.22. The lowest BCUT2D eigenvalue weighted by molar-refractivity contribution is -0.110. The Hall–Kier alpha value is -3.14. The zero-order valence-electron chi connectivity index (χ0n) is 16.8. The van der Waals surface area contributed by atoms with E-state index in [1.807, 2.05) is 48.5 Å². The Morgan fingerprint density at radius 3 is 2.59 bits per heavy atom. The average Bonchev–Trinajstić information content (AvgIpc) is 3.19. The molecule has 3 aromatic rings. The van der Waals surface area contributed by atoms with Gasteiger partial charge in [0.05, 0.1) is 6.04 Å². The fourth-order valence-electron chi connectivity index (χ4n) is 3.92. The van der Waals surface area contributed by atoms with Crippen LogP contribution in [0.25, 0.3) is 10.8 Å². The molecule has 0 bridgehead atoms. The summed E-state index contributed by atoms with van der Waals surface area (Å²) in [6.07, 6.45) is 4.06. The van der Waals surface area contributed by atoms with Crippen molar-refractivity contribution in [1.82, 2.24) is 5.01 Å². The van der Waals surface area contributed by atoms with Gasteiger partial charge in [-0.05, 0) is 23.4 Å². The fourth-order valence-corrected chi connectivity index (χ4v) is 3.92. The molecule has 1 atom stereocenters. The molecule has 0 spiro atoms. The summed E-state index contributed by atoms with van der Waals surface area (Å²) in [4.78, 5) is 13.0. The molecular formula is C25H27N3O. The van der Waals surface area contributed by atoms with Crippen LogP contribution in [0, 0.1) is 0 Å². The first-order valence-electron chi connectivity index (χ1n) is 10.4. The zero-order chi connectivity index (χ0) is 20.1. The summed E-state index contributed by atoms with van der Waals surface area (Å²) in [7, 11) is 0. The van der Waals surface area contributed by atoms with E-state index in [-0.39, 0.29) is 11.9 Å². The predicted molar refractivity (Wildman–Crippen MR) is 120 cm³/mol. The Morgan fingerprint density at radius 1 is 1.00 bits per heavy atom. The van der Waals surface area contributed by atoms with Crippen molar-refractivity contribution in [2.45, 2.75) is 38.6 Å². The smallest absolute Gasteiger partial charge is 0.271 e. The van der Waals surface area contributed by atoms with E-state index in [2.05, 4.69) is 41.5 Å². The van der Waals surface area contributed by atoms with Crippen LogP contribution in [-0.4, -0.2) is 23.2 Å². The van der Waals surface area contributed by atoms with Crippen molar-refractivity contribution >= 4 is 28.1 Å². The van der Waals surface area contributed by atoms with Crippen molar-refractivity contribution < 1.29 is 4.79 Å². The third-order valence-electron chi connectivity index (χ3n) is 5.47. The first-order chi connectivity index (χ1) is 14.3. The van der Waals surface area contributed by atoms with E-state index in [4.69, 9.17) is 5.10 Å².